The molecule has 3 rings (SSSR count). The normalized spacial score (nSPS) is 17.3. The van der Waals surface area contributed by atoms with Crippen LogP contribution in [0.25, 0.3) is 0 Å². The van der Waals surface area contributed by atoms with E-state index in [1.165, 1.54) is 37.0 Å². The molecule has 1 aliphatic heterocycles. The van der Waals surface area contributed by atoms with Gasteiger partial charge in [-0.3, -0.25) is 19.8 Å². The first-order valence-corrected chi connectivity index (χ1v) is 9.80. The van der Waals surface area contributed by atoms with Crippen LogP contribution in [0.1, 0.15) is 53.2 Å². The number of carbonyl (C=O) groups is 1. The maximum absolute atomic E-state index is 12.5. The molecule has 1 fully saturated rings. The molecule has 0 aromatic heterocycles. The van der Waals surface area contributed by atoms with Crippen molar-refractivity contribution in [3.05, 3.63) is 74.8 Å². The number of likely N-dealkylation sites (tertiary alicyclic amines) is 1. The summed E-state index contributed by atoms with van der Waals surface area (Å²) in [5.74, 6) is -0.223. The number of benzene rings is 2. The van der Waals surface area contributed by atoms with Crippen molar-refractivity contribution in [1.82, 2.24) is 10.2 Å². The zero-order valence-electron chi connectivity index (χ0n) is 16.5. The molecule has 28 heavy (non-hydrogen) atoms. The number of nitro benzene ring substituents is 1. The van der Waals surface area contributed by atoms with E-state index in [-0.39, 0.29) is 11.6 Å². The highest BCUT2D eigenvalue weighted by Crippen LogP contribution is 2.21. The fourth-order valence-electron chi connectivity index (χ4n) is 3.77. The zero-order chi connectivity index (χ0) is 20.1. The summed E-state index contributed by atoms with van der Waals surface area (Å²) >= 11 is 0. The van der Waals surface area contributed by atoms with Crippen molar-refractivity contribution < 1.29 is 9.72 Å². The summed E-state index contributed by atoms with van der Waals surface area (Å²) in [4.78, 5) is 25.5. The number of piperidine rings is 1. The van der Waals surface area contributed by atoms with Gasteiger partial charge in [-0.1, -0.05) is 30.7 Å². The van der Waals surface area contributed by atoms with Gasteiger partial charge in [0.1, 0.15) is 0 Å². The van der Waals surface area contributed by atoms with Crippen molar-refractivity contribution in [2.75, 3.05) is 6.54 Å². The maximum Gasteiger partial charge on any atom is 0.272 e. The van der Waals surface area contributed by atoms with Crippen LogP contribution in [0.2, 0.25) is 0 Å². The van der Waals surface area contributed by atoms with E-state index < -0.39 is 4.92 Å². The number of nitro groups is 1. The Labute approximate surface area is 165 Å². The summed E-state index contributed by atoms with van der Waals surface area (Å²) in [5, 5.41) is 13.9. The summed E-state index contributed by atoms with van der Waals surface area (Å²) in [6, 6.07) is 13.2. The molecule has 0 radical (unpaired) electrons. The Kier molecular flexibility index (Phi) is 6.41. The fraction of sp³-hybridized carbons (Fsp3) is 0.409. The van der Waals surface area contributed by atoms with Crippen LogP contribution in [0.5, 0.6) is 0 Å². The van der Waals surface area contributed by atoms with Gasteiger partial charge in [-0.2, -0.15) is 0 Å². The van der Waals surface area contributed by atoms with Gasteiger partial charge < -0.3 is 5.32 Å². The van der Waals surface area contributed by atoms with Crippen LogP contribution in [0.4, 0.5) is 5.69 Å². The molecule has 1 atom stereocenters. The van der Waals surface area contributed by atoms with Gasteiger partial charge in [0.25, 0.3) is 11.6 Å². The first kappa shape index (κ1) is 20.0. The lowest BCUT2D eigenvalue weighted by atomic mass is 10.0. The number of nitrogens with zero attached hydrogens (tertiary/aromatic N) is 2. The van der Waals surface area contributed by atoms with E-state index in [1.807, 2.05) is 18.2 Å². The predicted molar refractivity (Wildman–Crippen MR) is 109 cm³/mol. The fourth-order valence-corrected chi connectivity index (χ4v) is 3.77. The van der Waals surface area contributed by atoms with Gasteiger partial charge in [-0.05, 0) is 56.5 Å². The molecule has 0 bridgehead atoms. The van der Waals surface area contributed by atoms with Crippen LogP contribution in [-0.4, -0.2) is 28.3 Å². The van der Waals surface area contributed by atoms with E-state index in [1.54, 1.807) is 13.0 Å². The Balaban J connectivity index is 1.67. The summed E-state index contributed by atoms with van der Waals surface area (Å²) in [5.41, 5.74) is 3.28. The summed E-state index contributed by atoms with van der Waals surface area (Å²) in [6.45, 7) is 6.37. The Morgan fingerprint density at radius 3 is 2.64 bits per heavy atom. The summed E-state index contributed by atoms with van der Waals surface area (Å²) in [7, 11) is 0. The molecule has 1 saturated heterocycles. The molecule has 1 amide bonds. The highest BCUT2D eigenvalue weighted by atomic mass is 16.6. The third kappa shape index (κ3) is 4.75. The average molecular weight is 381 g/mol. The van der Waals surface area contributed by atoms with Gasteiger partial charge in [-0.15, -0.1) is 0 Å². The topological polar surface area (TPSA) is 75.5 Å². The van der Waals surface area contributed by atoms with Crippen molar-refractivity contribution in [2.24, 2.45) is 0 Å². The van der Waals surface area contributed by atoms with Crippen molar-refractivity contribution >= 4 is 11.6 Å². The third-order valence-corrected chi connectivity index (χ3v) is 5.53. The second-order valence-corrected chi connectivity index (χ2v) is 7.53. The van der Waals surface area contributed by atoms with Gasteiger partial charge in [0.2, 0.25) is 0 Å². The van der Waals surface area contributed by atoms with E-state index in [4.69, 9.17) is 0 Å². The predicted octanol–water partition coefficient (Wildman–Crippen LogP) is 4.21. The van der Waals surface area contributed by atoms with Crippen molar-refractivity contribution in [1.29, 1.82) is 0 Å². The first-order valence-electron chi connectivity index (χ1n) is 9.80. The zero-order valence-corrected chi connectivity index (χ0v) is 16.5. The Bertz CT molecular complexity index is 866. The third-order valence-electron chi connectivity index (χ3n) is 5.53. The van der Waals surface area contributed by atoms with E-state index in [9.17, 15) is 14.9 Å². The van der Waals surface area contributed by atoms with Crippen LogP contribution < -0.4 is 5.32 Å². The van der Waals surface area contributed by atoms with E-state index >= 15 is 0 Å². The van der Waals surface area contributed by atoms with E-state index in [0.717, 1.165) is 18.7 Å². The minimum absolute atomic E-state index is 0.0255. The van der Waals surface area contributed by atoms with Gasteiger partial charge >= 0.3 is 0 Å². The van der Waals surface area contributed by atoms with Crippen LogP contribution in [0.15, 0.2) is 42.5 Å². The second kappa shape index (κ2) is 8.97. The van der Waals surface area contributed by atoms with Crippen LogP contribution in [0.3, 0.4) is 0 Å². The largest absolute Gasteiger partial charge is 0.348 e. The lowest BCUT2D eigenvalue weighted by Crippen LogP contribution is -2.37. The minimum Gasteiger partial charge on any atom is -0.348 e. The highest BCUT2D eigenvalue weighted by Gasteiger charge is 2.19. The van der Waals surface area contributed by atoms with Crippen LogP contribution >= 0.6 is 0 Å². The lowest BCUT2D eigenvalue weighted by molar-refractivity contribution is -0.385. The van der Waals surface area contributed by atoms with Crippen LogP contribution in [-0.2, 0) is 13.1 Å². The number of nitrogens with one attached hydrogen (secondary N) is 1. The molecule has 1 unspecified atom stereocenters. The molecule has 1 heterocycles. The van der Waals surface area contributed by atoms with E-state index in [0.29, 0.717) is 23.7 Å². The Morgan fingerprint density at radius 2 is 1.96 bits per heavy atom. The molecule has 6 nitrogen and oxygen atoms in total. The molecule has 1 N–H and O–H groups in total. The SMILES string of the molecule is Cc1cc(C(=O)NCc2ccccc2CN2CCCCC2C)ccc1[N+](=O)[O-]. The molecule has 148 valence electrons. The molecule has 0 saturated carbocycles. The number of rotatable bonds is 6. The minimum atomic E-state index is -0.436. The number of hydrogen-bond acceptors (Lipinski definition) is 4. The monoisotopic (exact) mass is 381 g/mol. The quantitative estimate of drug-likeness (QED) is 0.601. The van der Waals surface area contributed by atoms with Crippen molar-refractivity contribution in [3.63, 3.8) is 0 Å². The highest BCUT2D eigenvalue weighted by molar-refractivity contribution is 5.94. The second-order valence-electron chi connectivity index (χ2n) is 7.53. The maximum atomic E-state index is 12.5. The Morgan fingerprint density at radius 1 is 1.21 bits per heavy atom. The molecule has 0 aliphatic carbocycles. The number of hydrogen-bond donors (Lipinski definition) is 1. The van der Waals surface area contributed by atoms with E-state index in [2.05, 4.69) is 23.2 Å². The van der Waals surface area contributed by atoms with Gasteiger partial charge in [0.05, 0.1) is 4.92 Å². The number of amides is 1. The van der Waals surface area contributed by atoms with Crippen molar-refractivity contribution in [3.8, 4) is 0 Å². The smallest absolute Gasteiger partial charge is 0.272 e. The first-order chi connectivity index (χ1) is 13.5. The standard InChI is InChI=1S/C22H27N3O3/c1-16-13-18(10-11-21(16)25(27)28)22(26)23-14-19-8-3-4-9-20(19)15-24-12-6-5-7-17(24)2/h3-4,8-11,13,17H,5-7,12,14-15H2,1-2H3,(H,23,26). The van der Waals surface area contributed by atoms with Gasteiger partial charge in [-0.25, -0.2) is 0 Å². The molecule has 2 aromatic carbocycles. The number of carbonyl (C=O) groups excluding carboxylic acids is 1. The number of aryl methyl sites for hydroxylation is 1. The van der Waals surface area contributed by atoms with Gasteiger partial charge in [0, 0.05) is 36.3 Å². The molecular weight excluding hydrogens is 354 g/mol. The summed E-state index contributed by atoms with van der Waals surface area (Å²) in [6.07, 6.45) is 3.77. The molecule has 0 spiro atoms. The lowest BCUT2D eigenvalue weighted by Gasteiger charge is -2.33. The average Bonchev–Trinajstić information content (AvgIpc) is 2.68. The van der Waals surface area contributed by atoms with Crippen molar-refractivity contribution in [2.45, 2.75) is 52.2 Å². The molecular formula is C22H27N3O3. The summed E-state index contributed by atoms with van der Waals surface area (Å²) < 4.78 is 0. The van der Waals surface area contributed by atoms with Gasteiger partial charge in [0.15, 0.2) is 0 Å². The van der Waals surface area contributed by atoms with Crippen LogP contribution in [0, 0.1) is 17.0 Å². The molecule has 1 aliphatic rings. The molecule has 2 aromatic rings. The molecule has 6 heteroatoms. The Hall–Kier alpha value is -2.73.